The summed E-state index contributed by atoms with van der Waals surface area (Å²) in [5.74, 6) is -0.0264. The maximum absolute atomic E-state index is 12.7. The van der Waals surface area contributed by atoms with Crippen molar-refractivity contribution in [2.45, 2.75) is 75.8 Å². The van der Waals surface area contributed by atoms with E-state index in [0.29, 0.717) is 0 Å². The molecule has 0 heterocycles. The molecule has 1 atom stereocenters. The predicted molar refractivity (Wildman–Crippen MR) is 102 cm³/mol. The summed E-state index contributed by atoms with van der Waals surface area (Å²) in [4.78, 5) is 12.5. The largest absolute Gasteiger partial charge is 0.495 e. The van der Waals surface area contributed by atoms with Crippen LogP contribution < -0.4 is 14.8 Å². The molecule has 6 nitrogen and oxygen atoms in total. The number of benzene rings is 1. The summed E-state index contributed by atoms with van der Waals surface area (Å²) in [5.41, 5.74) is 0.804. The van der Waals surface area contributed by atoms with E-state index in [2.05, 4.69) is 10.0 Å². The maximum atomic E-state index is 12.7. The van der Waals surface area contributed by atoms with Crippen molar-refractivity contribution >= 4 is 15.9 Å². The number of hydrogen-bond donors (Lipinski definition) is 2. The molecule has 7 heteroatoms. The van der Waals surface area contributed by atoms with Gasteiger partial charge in [0.2, 0.25) is 15.9 Å². The predicted octanol–water partition coefficient (Wildman–Crippen LogP) is 2.90. The summed E-state index contributed by atoms with van der Waals surface area (Å²) < 4.78 is 33.0. The van der Waals surface area contributed by atoms with E-state index in [4.69, 9.17) is 4.74 Å². The van der Waals surface area contributed by atoms with E-state index in [1.807, 2.05) is 6.92 Å². The van der Waals surface area contributed by atoms with Crippen LogP contribution in [0.3, 0.4) is 0 Å². The SMILES string of the molecule is COc1ccc(C)cc1S(=O)(=O)N[C@@H](C)C(=O)NC1CCCCCCC1. The number of nitrogens with one attached hydrogen (secondary N) is 2. The molecule has 146 valence electrons. The number of carbonyl (C=O) groups is 1. The van der Waals surface area contributed by atoms with Gasteiger partial charge in [0.05, 0.1) is 13.2 Å². The molecule has 0 aliphatic heterocycles. The second-order valence-electron chi connectivity index (χ2n) is 7.05. The van der Waals surface area contributed by atoms with E-state index in [0.717, 1.165) is 31.2 Å². The van der Waals surface area contributed by atoms with Gasteiger partial charge in [-0.1, -0.05) is 38.2 Å². The molecular weight excluding hydrogens is 352 g/mol. The Hall–Kier alpha value is -1.60. The fourth-order valence-electron chi connectivity index (χ4n) is 3.27. The van der Waals surface area contributed by atoms with Crippen LogP contribution in [-0.2, 0) is 14.8 Å². The number of methoxy groups -OCH3 is 1. The molecule has 0 aromatic heterocycles. The number of sulfonamides is 1. The average molecular weight is 383 g/mol. The van der Waals surface area contributed by atoms with Gasteiger partial charge in [0.25, 0.3) is 0 Å². The van der Waals surface area contributed by atoms with E-state index >= 15 is 0 Å². The summed E-state index contributed by atoms with van der Waals surface area (Å²) in [5, 5.41) is 3.00. The fourth-order valence-corrected chi connectivity index (χ4v) is 4.73. The Balaban J connectivity index is 2.04. The molecular formula is C19H30N2O4S. The molecule has 26 heavy (non-hydrogen) atoms. The van der Waals surface area contributed by atoms with Crippen LogP contribution in [0.5, 0.6) is 5.75 Å². The van der Waals surface area contributed by atoms with Crippen LogP contribution in [-0.4, -0.2) is 33.5 Å². The Labute approximate surface area is 156 Å². The second kappa shape index (κ2) is 9.37. The Kier molecular flexibility index (Phi) is 7.46. The summed E-state index contributed by atoms with van der Waals surface area (Å²) >= 11 is 0. The van der Waals surface area contributed by atoms with Crippen molar-refractivity contribution < 1.29 is 17.9 Å². The van der Waals surface area contributed by atoms with Crippen molar-refractivity contribution in [3.8, 4) is 5.75 Å². The normalized spacial score (nSPS) is 17.8. The molecule has 1 aromatic rings. The van der Waals surface area contributed by atoms with Crippen molar-refractivity contribution in [1.29, 1.82) is 0 Å². The van der Waals surface area contributed by atoms with Crippen molar-refractivity contribution in [3.63, 3.8) is 0 Å². The molecule has 1 amide bonds. The number of hydrogen-bond acceptors (Lipinski definition) is 4. The quantitative estimate of drug-likeness (QED) is 0.792. The monoisotopic (exact) mass is 382 g/mol. The maximum Gasteiger partial charge on any atom is 0.244 e. The Bertz CT molecular complexity index is 710. The number of rotatable bonds is 6. The zero-order valence-corrected chi connectivity index (χ0v) is 16.7. The lowest BCUT2D eigenvalue weighted by Gasteiger charge is -2.23. The van der Waals surface area contributed by atoms with Crippen LogP contribution in [0.25, 0.3) is 0 Å². The minimum absolute atomic E-state index is 0.0469. The smallest absolute Gasteiger partial charge is 0.244 e. The number of ether oxygens (including phenoxy) is 1. The third-order valence-electron chi connectivity index (χ3n) is 4.79. The summed E-state index contributed by atoms with van der Waals surface area (Å²) in [7, 11) is -2.43. The van der Waals surface area contributed by atoms with Gasteiger partial charge in [-0.15, -0.1) is 0 Å². The first-order valence-corrected chi connectivity index (χ1v) is 10.8. The van der Waals surface area contributed by atoms with E-state index in [1.165, 1.54) is 26.4 Å². The van der Waals surface area contributed by atoms with E-state index < -0.39 is 16.1 Å². The molecule has 1 aliphatic carbocycles. The molecule has 0 saturated heterocycles. The topological polar surface area (TPSA) is 84.5 Å². The van der Waals surface area contributed by atoms with Gasteiger partial charge in [-0.25, -0.2) is 8.42 Å². The first-order chi connectivity index (χ1) is 12.3. The van der Waals surface area contributed by atoms with Gasteiger partial charge in [0.15, 0.2) is 0 Å². The van der Waals surface area contributed by atoms with Crippen molar-refractivity contribution in [1.82, 2.24) is 10.0 Å². The van der Waals surface area contributed by atoms with E-state index in [1.54, 1.807) is 25.1 Å². The fraction of sp³-hybridized carbons (Fsp3) is 0.632. The van der Waals surface area contributed by atoms with Crippen LogP contribution in [0.4, 0.5) is 0 Å². The van der Waals surface area contributed by atoms with Crippen LogP contribution in [0.1, 0.15) is 57.4 Å². The van der Waals surface area contributed by atoms with Crippen LogP contribution >= 0.6 is 0 Å². The minimum Gasteiger partial charge on any atom is -0.495 e. The Morgan fingerprint density at radius 1 is 1.15 bits per heavy atom. The van der Waals surface area contributed by atoms with E-state index in [-0.39, 0.29) is 22.6 Å². The van der Waals surface area contributed by atoms with Crippen LogP contribution in [0.2, 0.25) is 0 Å². The van der Waals surface area contributed by atoms with Gasteiger partial charge in [0, 0.05) is 6.04 Å². The highest BCUT2D eigenvalue weighted by molar-refractivity contribution is 7.89. The van der Waals surface area contributed by atoms with Crippen molar-refractivity contribution in [3.05, 3.63) is 23.8 Å². The molecule has 1 saturated carbocycles. The van der Waals surface area contributed by atoms with Crippen molar-refractivity contribution in [2.24, 2.45) is 0 Å². The van der Waals surface area contributed by atoms with Gasteiger partial charge in [-0.3, -0.25) is 4.79 Å². The van der Waals surface area contributed by atoms with Crippen LogP contribution in [0.15, 0.2) is 23.1 Å². The highest BCUT2D eigenvalue weighted by Gasteiger charge is 2.26. The summed E-state index contributed by atoms with van der Waals surface area (Å²) in [6.07, 6.45) is 7.77. The molecule has 0 radical (unpaired) electrons. The molecule has 0 unspecified atom stereocenters. The number of carbonyl (C=O) groups excluding carboxylic acids is 1. The lowest BCUT2D eigenvalue weighted by molar-refractivity contribution is -0.123. The second-order valence-corrected chi connectivity index (χ2v) is 8.73. The van der Waals surface area contributed by atoms with Gasteiger partial charge < -0.3 is 10.1 Å². The Morgan fingerprint density at radius 3 is 2.38 bits per heavy atom. The van der Waals surface area contributed by atoms with E-state index in [9.17, 15) is 13.2 Å². The minimum atomic E-state index is -3.86. The highest BCUT2D eigenvalue weighted by Crippen LogP contribution is 2.25. The average Bonchev–Trinajstić information content (AvgIpc) is 2.56. The first kappa shape index (κ1) is 20.7. The Morgan fingerprint density at radius 2 is 1.77 bits per heavy atom. The molecule has 2 rings (SSSR count). The molecule has 1 aromatic carbocycles. The molecule has 0 spiro atoms. The summed E-state index contributed by atoms with van der Waals surface area (Å²) in [6, 6.07) is 4.21. The van der Waals surface area contributed by atoms with Crippen molar-refractivity contribution in [2.75, 3.05) is 7.11 Å². The zero-order valence-electron chi connectivity index (χ0n) is 15.9. The van der Waals surface area contributed by atoms with Gasteiger partial charge in [-0.05, 0) is 44.4 Å². The van der Waals surface area contributed by atoms with Gasteiger partial charge in [-0.2, -0.15) is 4.72 Å². The third kappa shape index (κ3) is 5.71. The van der Waals surface area contributed by atoms with Crippen LogP contribution in [0, 0.1) is 6.92 Å². The van der Waals surface area contributed by atoms with Gasteiger partial charge in [0.1, 0.15) is 10.6 Å². The standard InChI is InChI=1S/C19H30N2O4S/c1-14-11-12-17(25-3)18(13-14)26(23,24)21-15(2)19(22)20-16-9-7-5-4-6-8-10-16/h11-13,15-16,21H,4-10H2,1-3H3,(H,20,22)/t15-/m0/s1. The highest BCUT2D eigenvalue weighted by atomic mass is 32.2. The lowest BCUT2D eigenvalue weighted by atomic mass is 9.96. The molecule has 1 fully saturated rings. The number of aryl methyl sites for hydroxylation is 1. The third-order valence-corrected chi connectivity index (χ3v) is 6.35. The molecule has 0 bridgehead atoms. The lowest BCUT2D eigenvalue weighted by Crippen LogP contribution is -2.48. The number of amides is 1. The first-order valence-electron chi connectivity index (χ1n) is 9.31. The zero-order chi connectivity index (χ0) is 19.2. The summed E-state index contributed by atoms with van der Waals surface area (Å²) in [6.45, 7) is 3.38. The molecule has 1 aliphatic rings. The molecule has 2 N–H and O–H groups in total. The van der Waals surface area contributed by atoms with Gasteiger partial charge >= 0.3 is 0 Å².